The van der Waals surface area contributed by atoms with E-state index in [0.29, 0.717) is 17.9 Å². The van der Waals surface area contributed by atoms with Gasteiger partial charge in [0, 0.05) is 12.6 Å². The summed E-state index contributed by atoms with van der Waals surface area (Å²) in [5.74, 6) is 1.25. The number of nitrogens with two attached hydrogens (primary N) is 1. The van der Waals surface area contributed by atoms with Crippen molar-refractivity contribution in [2.45, 2.75) is 64.5 Å². The van der Waals surface area contributed by atoms with Gasteiger partial charge in [0.25, 0.3) is 0 Å². The minimum atomic E-state index is -0.411. The first-order valence-electron chi connectivity index (χ1n) is 7.62. The van der Waals surface area contributed by atoms with E-state index < -0.39 is 5.60 Å². The van der Waals surface area contributed by atoms with Crippen molar-refractivity contribution < 1.29 is 9.53 Å². The van der Waals surface area contributed by atoms with Crippen LogP contribution < -0.4 is 5.73 Å². The number of hydrogen-bond donors (Lipinski definition) is 1. The Morgan fingerprint density at radius 1 is 1.32 bits per heavy atom. The minimum absolute atomic E-state index is 0.133. The third kappa shape index (κ3) is 3.85. The van der Waals surface area contributed by atoms with E-state index in [4.69, 9.17) is 10.5 Å². The largest absolute Gasteiger partial charge is 0.444 e. The van der Waals surface area contributed by atoms with Crippen LogP contribution in [0, 0.1) is 11.8 Å². The molecule has 19 heavy (non-hydrogen) atoms. The van der Waals surface area contributed by atoms with Crippen molar-refractivity contribution >= 4 is 6.09 Å². The third-order valence-electron chi connectivity index (χ3n) is 4.09. The molecule has 1 saturated heterocycles. The maximum Gasteiger partial charge on any atom is 0.410 e. The molecule has 2 aliphatic rings. The monoisotopic (exact) mass is 268 g/mol. The highest BCUT2D eigenvalue weighted by molar-refractivity contribution is 5.69. The maximum absolute atomic E-state index is 12.4. The van der Waals surface area contributed by atoms with Gasteiger partial charge < -0.3 is 15.4 Å². The molecule has 2 N–H and O–H groups in total. The first-order chi connectivity index (χ1) is 8.92. The van der Waals surface area contributed by atoms with Gasteiger partial charge in [0.05, 0.1) is 0 Å². The van der Waals surface area contributed by atoms with E-state index in [1.54, 1.807) is 0 Å². The molecule has 1 aliphatic carbocycles. The second-order valence-electron chi connectivity index (χ2n) is 6.98. The van der Waals surface area contributed by atoms with Crippen molar-refractivity contribution in [2.24, 2.45) is 17.6 Å². The maximum atomic E-state index is 12.4. The van der Waals surface area contributed by atoms with Crippen LogP contribution in [0.25, 0.3) is 0 Å². The van der Waals surface area contributed by atoms with Crippen molar-refractivity contribution in [1.29, 1.82) is 0 Å². The fourth-order valence-corrected chi connectivity index (χ4v) is 3.24. The van der Waals surface area contributed by atoms with E-state index in [2.05, 4.69) is 0 Å². The van der Waals surface area contributed by atoms with E-state index >= 15 is 0 Å². The van der Waals surface area contributed by atoms with Crippen LogP contribution in [-0.2, 0) is 4.74 Å². The quantitative estimate of drug-likeness (QED) is 0.856. The average molecular weight is 268 g/mol. The molecule has 1 aliphatic heterocycles. The Bertz CT molecular complexity index is 319. The highest BCUT2D eigenvalue weighted by Crippen LogP contribution is 2.43. The zero-order valence-corrected chi connectivity index (χ0v) is 12.5. The standard InChI is InChI=1S/C15H28N2O2/c1-15(2,3)19-14(18)17-10-4-5-11(8-9-16)13(17)12-6-7-12/h11-13H,4-10,16H2,1-3H3. The summed E-state index contributed by atoms with van der Waals surface area (Å²) in [6.07, 6.45) is 5.69. The molecule has 0 aromatic heterocycles. The summed E-state index contributed by atoms with van der Waals surface area (Å²) in [5.41, 5.74) is 5.32. The lowest BCUT2D eigenvalue weighted by Crippen LogP contribution is -2.51. The minimum Gasteiger partial charge on any atom is -0.444 e. The molecule has 4 nitrogen and oxygen atoms in total. The Morgan fingerprint density at radius 3 is 2.53 bits per heavy atom. The van der Waals surface area contributed by atoms with Gasteiger partial charge in [-0.25, -0.2) is 4.79 Å². The van der Waals surface area contributed by atoms with Gasteiger partial charge in [0.1, 0.15) is 5.60 Å². The summed E-state index contributed by atoms with van der Waals surface area (Å²) in [7, 11) is 0. The lowest BCUT2D eigenvalue weighted by atomic mass is 9.84. The first-order valence-corrected chi connectivity index (χ1v) is 7.62. The predicted octanol–water partition coefficient (Wildman–Crippen LogP) is 2.76. The lowest BCUT2D eigenvalue weighted by molar-refractivity contribution is -0.00480. The summed E-state index contributed by atoms with van der Waals surface area (Å²) >= 11 is 0. The lowest BCUT2D eigenvalue weighted by Gasteiger charge is -2.42. The van der Waals surface area contributed by atoms with E-state index in [-0.39, 0.29) is 6.09 Å². The molecule has 2 fully saturated rings. The topological polar surface area (TPSA) is 55.6 Å². The molecular formula is C15H28N2O2. The van der Waals surface area contributed by atoms with E-state index in [9.17, 15) is 4.79 Å². The van der Waals surface area contributed by atoms with Crippen LogP contribution in [0.3, 0.4) is 0 Å². The summed E-state index contributed by atoms with van der Waals surface area (Å²) in [6.45, 7) is 7.35. The van der Waals surface area contributed by atoms with Gasteiger partial charge >= 0.3 is 6.09 Å². The number of hydrogen-bond acceptors (Lipinski definition) is 3. The fourth-order valence-electron chi connectivity index (χ4n) is 3.24. The van der Waals surface area contributed by atoms with Crippen molar-refractivity contribution in [3.8, 4) is 0 Å². The average Bonchev–Trinajstić information content (AvgIpc) is 3.10. The number of piperidine rings is 1. The number of amides is 1. The molecule has 1 heterocycles. The van der Waals surface area contributed by atoms with Crippen LogP contribution in [0.1, 0.15) is 52.9 Å². The third-order valence-corrected chi connectivity index (χ3v) is 4.09. The van der Waals surface area contributed by atoms with E-state index in [1.165, 1.54) is 19.3 Å². The summed E-state index contributed by atoms with van der Waals surface area (Å²) in [6, 6.07) is 0.368. The molecule has 0 spiro atoms. The zero-order valence-electron chi connectivity index (χ0n) is 12.5. The van der Waals surface area contributed by atoms with Crippen LogP contribution in [0.4, 0.5) is 4.79 Å². The summed E-state index contributed by atoms with van der Waals surface area (Å²) in [4.78, 5) is 14.4. The van der Waals surface area contributed by atoms with Gasteiger partial charge in [-0.3, -0.25) is 0 Å². The smallest absolute Gasteiger partial charge is 0.410 e. The Morgan fingerprint density at radius 2 is 2.00 bits per heavy atom. The van der Waals surface area contributed by atoms with Crippen molar-refractivity contribution in [1.82, 2.24) is 4.90 Å². The number of carbonyl (C=O) groups excluding carboxylic acids is 1. The molecule has 0 aromatic carbocycles. The van der Waals surface area contributed by atoms with E-state index in [1.807, 2.05) is 25.7 Å². The van der Waals surface area contributed by atoms with Crippen LogP contribution in [0.15, 0.2) is 0 Å². The molecule has 0 radical (unpaired) electrons. The van der Waals surface area contributed by atoms with Crippen LogP contribution in [0.5, 0.6) is 0 Å². The molecule has 2 atom stereocenters. The van der Waals surface area contributed by atoms with Gasteiger partial charge in [-0.1, -0.05) is 0 Å². The van der Waals surface area contributed by atoms with Crippen LogP contribution >= 0.6 is 0 Å². The van der Waals surface area contributed by atoms with Gasteiger partial charge in [0.15, 0.2) is 0 Å². The number of likely N-dealkylation sites (tertiary alicyclic amines) is 1. The van der Waals surface area contributed by atoms with Gasteiger partial charge in [0.2, 0.25) is 0 Å². The predicted molar refractivity (Wildman–Crippen MR) is 75.8 cm³/mol. The van der Waals surface area contributed by atoms with Crippen molar-refractivity contribution in [2.75, 3.05) is 13.1 Å². The molecule has 110 valence electrons. The van der Waals surface area contributed by atoms with Gasteiger partial charge in [-0.05, 0) is 71.3 Å². The Kier molecular flexibility index (Phi) is 4.39. The van der Waals surface area contributed by atoms with Crippen molar-refractivity contribution in [3.05, 3.63) is 0 Å². The number of carbonyl (C=O) groups is 1. The Hall–Kier alpha value is -0.770. The molecule has 2 rings (SSSR count). The molecule has 4 heteroatoms. The summed E-state index contributed by atoms with van der Waals surface area (Å²) < 4.78 is 5.57. The van der Waals surface area contributed by atoms with E-state index in [0.717, 1.165) is 25.9 Å². The molecule has 0 bridgehead atoms. The fraction of sp³-hybridized carbons (Fsp3) is 0.933. The number of ether oxygens (including phenoxy) is 1. The molecular weight excluding hydrogens is 240 g/mol. The molecule has 0 aromatic rings. The normalized spacial score (nSPS) is 28.3. The van der Waals surface area contributed by atoms with Crippen LogP contribution in [0.2, 0.25) is 0 Å². The second-order valence-corrected chi connectivity index (χ2v) is 6.98. The van der Waals surface area contributed by atoms with Gasteiger partial charge in [-0.2, -0.15) is 0 Å². The highest BCUT2D eigenvalue weighted by Gasteiger charge is 2.44. The zero-order chi connectivity index (χ0) is 14.0. The molecule has 1 saturated carbocycles. The van der Waals surface area contributed by atoms with Gasteiger partial charge in [-0.15, -0.1) is 0 Å². The first kappa shape index (κ1) is 14.6. The number of nitrogens with zero attached hydrogens (tertiary/aromatic N) is 1. The molecule has 2 unspecified atom stereocenters. The number of rotatable bonds is 3. The Balaban J connectivity index is 2.06. The summed E-state index contributed by atoms with van der Waals surface area (Å²) in [5, 5.41) is 0. The second kappa shape index (κ2) is 5.70. The SMILES string of the molecule is CC(C)(C)OC(=O)N1CCCC(CCN)C1C1CC1. The van der Waals surface area contributed by atoms with Crippen LogP contribution in [-0.4, -0.2) is 35.7 Å². The highest BCUT2D eigenvalue weighted by atomic mass is 16.6. The Labute approximate surface area is 116 Å². The van der Waals surface area contributed by atoms with Crippen molar-refractivity contribution in [3.63, 3.8) is 0 Å². The molecule has 1 amide bonds.